The van der Waals surface area contributed by atoms with Crippen molar-refractivity contribution in [2.24, 2.45) is 5.14 Å². The third-order valence-corrected chi connectivity index (χ3v) is 5.98. The average Bonchev–Trinajstić information content (AvgIpc) is 3.11. The molecule has 0 fully saturated rings. The number of hydrogen-bond acceptors (Lipinski definition) is 6. The molecule has 0 aliphatic rings. The van der Waals surface area contributed by atoms with Gasteiger partial charge in [0.15, 0.2) is 0 Å². The van der Waals surface area contributed by atoms with E-state index in [2.05, 4.69) is 10.3 Å². The van der Waals surface area contributed by atoms with Crippen molar-refractivity contribution in [2.75, 3.05) is 0 Å². The molecule has 7 nitrogen and oxygen atoms in total. The van der Waals surface area contributed by atoms with Gasteiger partial charge in [0, 0.05) is 10.9 Å². The van der Waals surface area contributed by atoms with Crippen LogP contribution in [0, 0.1) is 6.92 Å². The van der Waals surface area contributed by atoms with Gasteiger partial charge in [0.05, 0.1) is 21.6 Å². The molecule has 1 atom stereocenters. The quantitative estimate of drug-likeness (QED) is 0.597. The molecule has 2 aromatic carbocycles. The van der Waals surface area contributed by atoms with Crippen molar-refractivity contribution in [2.45, 2.75) is 31.4 Å². The van der Waals surface area contributed by atoms with Crippen LogP contribution in [0.25, 0.3) is 0 Å². The molecular formula is C20H21N3O4S2. The first-order valence-electron chi connectivity index (χ1n) is 8.80. The van der Waals surface area contributed by atoms with Crippen LogP contribution >= 0.6 is 11.3 Å². The molecule has 0 aliphatic carbocycles. The Morgan fingerprint density at radius 2 is 1.83 bits per heavy atom. The van der Waals surface area contributed by atoms with Crippen LogP contribution in [0.3, 0.4) is 0 Å². The van der Waals surface area contributed by atoms with E-state index in [0.29, 0.717) is 17.9 Å². The minimum atomic E-state index is -3.74. The number of ether oxygens (including phenoxy) is 1. The maximum atomic E-state index is 12.5. The van der Waals surface area contributed by atoms with Crippen LogP contribution < -0.4 is 15.2 Å². The third-order valence-electron chi connectivity index (χ3n) is 4.23. The van der Waals surface area contributed by atoms with Crippen molar-refractivity contribution in [3.63, 3.8) is 0 Å². The minimum Gasteiger partial charge on any atom is -0.487 e. The summed E-state index contributed by atoms with van der Waals surface area (Å²) in [7, 11) is -3.74. The number of nitrogens with zero attached hydrogens (tertiary/aromatic N) is 1. The fourth-order valence-corrected chi connectivity index (χ4v) is 3.76. The molecular weight excluding hydrogens is 410 g/mol. The smallest absolute Gasteiger partial charge is 0.251 e. The van der Waals surface area contributed by atoms with Gasteiger partial charge in [0.2, 0.25) is 10.0 Å². The van der Waals surface area contributed by atoms with Crippen molar-refractivity contribution >= 4 is 27.3 Å². The summed E-state index contributed by atoms with van der Waals surface area (Å²) in [5, 5.41) is 10.9. The van der Waals surface area contributed by atoms with Gasteiger partial charge in [-0.1, -0.05) is 12.1 Å². The van der Waals surface area contributed by atoms with E-state index in [1.165, 1.54) is 12.1 Å². The summed E-state index contributed by atoms with van der Waals surface area (Å²) in [5.74, 6) is 0.411. The summed E-state index contributed by atoms with van der Waals surface area (Å²) in [5.41, 5.74) is 2.13. The fraction of sp³-hybridized carbons (Fsp3) is 0.200. The Morgan fingerprint density at radius 1 is 1.17 bits per heavy atom. The summed E-state index contributed by atoms with van der Waals surface area (Å²) in [6.07, 6.45) is 0. The number of primary sulfonamides is 1. The van der Waals surface area contributed by atoms with Crippen molar-refractivity contribution in [1.82, 2.24) is 10.3 Å². The topological polar surface area (TPSA) is 111 Å². The van der Waals surface area contributed by atoms with Gasteiger partial charge in [-0.15, -0.1) is 11.3 Å². The fourth-order valence-electron chi connectivity index (χ4n) is 2.64. The Labute approximate surface area is 173 Å². The molecule has 152 valence electrons. The molecule has 3 rings (SSSR count). The number of nitrogens with two attached hydrogens (primary N) is 1. The Kier molecular flexibility index (Phi) is 6.31. The molecule has 0 radical (unpaired) electrons. The van der Waals surface area contributed by atoms with E-state index in [1.54, 1.807) is 47.7 Å². The zero-order valence-electron chi connectivity index (χ0n) is 16.0. The lowest BCUT2D eigenvalue weighted by atomic mass is 10.1. The van der Waals surface area contributed by atoms with Gasteiger partial charge in [-0.25, -0.2) is 18.5 Å². The maximum Gasteiger partial charge on any atom is 0.251 e. The number of benzene rings is 2. The molecule has 3 N–H and O–H groups in total. The zero-order chi connectivity index (χ0) is 21.0. The SMILES string of the molecule is Cc1nc(COc2ccc(C(=O)NC(C)c3ccc(S(N)(=O)=O)cc3)cc2)cs1. The van der Waals surface area contributed by atoms with E-state index in [9.17, 15) is 13.2 Å². The number of amides is 1. The van der Waals surface area contributed by atoms with Crippen LogP contribution in [-0.4, -0.2) is 19.3 Å². The number of aromatic nitrogens is 1. The van der Waals surface area contributed by atoms with E-state index < -0.39 is 10.0 Å². The monoisotopic (exact) mass is 431 g/mol. The van der Waals surface area contributed by atoms with Gasteiger partial charge in [-0.3, -0.25) is 4.79 Å². The maximum absolute atomic E-state index is 12.5. The number of hydrogen-bond donors (Lipinski definition) is 2. The van der Waals surface area contributed by atoms with Crippen LogP contribution in [0.15, 0.2) is 58.8 Å². The Hall–Kier alpha value is -2.75. The number of aryl methyl sites for hydroxylation is 1. The molecule has 0 spiro atoms. The van der Waals surface area contributed by atoms with Crippen LogP contribution in [0.1, 0.15) is 39.6 Å². The Balaban J connectivity index is 1.58. The first kappa shape index (κ1) is 21.0. The summed E-state index contributed by atoms with van der Waals surface area (Å²) in [6.45, 7) is 4.13. The van der Waals surface area contributed by atoms with Gasteiger partial charge >= 0.3 is 0 Å². The van der Waals surface area contributed by atoms with E-state index >= 15 is 0 Å². The summed E-state index contributed by atoms with van der Waals surface area (Å²) < 4.78 is 28.3. The molecule has 0 aliphatic heterocycles. The average molecular weight is 432 g/mol. The second-order valence-corrected chi connectivity index (χ2v) is 9.10. The molecule has 0 saturated heterocycles. The Bertz CT molecular complexity index is 1090. The highest BCUT2D eigenvalue weighted by atomic mass is 32.2. The molecule has 1 heterocycles. The summed E-state index contributed by atoms with van der Waals surface area (Å²) in [6, 6.07) is 12.6. The highest BCUT2D eigenvalue weighted by Gasteiger charge is 2.13. The van der Waals surface area contributed by atoms with Gasteiger partial charge in [0.25, 0.3) is 5.91 Å². The molecule has 1 amide bonds. The normalized spacial score (nSPS) is 12.4. The van der Waals surface area contributed by atoms with Crippen LogP contribution in [-0.2, 0) is 16.6 Å². The molecule has 9 heteroatoms. The van der Waals surface area contributed by atoms with Crippen molar-refractivity contribution < 1.29 is 17.9 Å². The van der Waals surface area contributed by atoms with Crippen LogP contribution in [0.2, 0.25) is 0 Å². The van der Waals surface area contributed by atoms with Crippen molar-refractivity contribution in [1.29, 1.82) is 0 Å². The molecule has 1 aromatic heterocycles. The lowest BCUT2D eigenvalue weighted by Crippen LogP contribution is -2.26. The largest absolute Gasteiger partial charge is 0.487 e. The first-order valence-corrected chi connectivity index (χ1v) is 11.2. The van der Waals surface area contributed by atoms with Crippen molar-refractivity contribution in [3.8, 4) is 5.75 Å². The van der Waals surface area contributed by atoms with Crippen molar-refractivity contribution in [3.05, 3.63) is 75.7 Å². The predicted molar refractivity (Wildman–Crippen MR) is 111 cm³/mol. The van der Waals surface area contributed by atoms with E-state index in [4.69, 9.17) is 9.88 Å². The second-order valence-electron chi connectivity index (χ2n) is 6.48. The molecule has 29 heavy (non-hydrogen) atoms. The van der Waals surface area contributed by atoms with Crippen LogP contribution in [0.4, 0.5) is 0 Å². The minimum absolute atomic E-state index is 0.0307. The van der Waals surface area contributed by atoms with E-state index in [0.717, 1.165) is 16.3 Å². The lowest BCUT2D eigenvalue weighted by molar-refractivity contribution is 0.0940. The highest BCUT2D eigenvalue weighted by Crippen LogP contribution is 2.18. The molecule has 0 saturated carbocycles. The number of rotatable bonds is 7. The number of carbonyl (C=O) groups is 1. The molecule has 0 bridgehead atoms. The number of sulfonamides is 1. The van der Waals surface area contributed by atoms with Gasteiger partial charge in [-0.05, 0) is 55.8 Å². The van der Waals surface area contributed by atoms with E-state index in [1.807, 2.05) is 19.2 Å². The third kappa shape index (κ3) is 5.63. The van der Waals surface area contributed by atoms with Gasteiger partial charge in [0.1, 0.15) is 12.4 Å². The summed E-state index contributed by atoms with van der Waals surface area (Å²) >= 11 is 1.57. The zero-order valence-corrected chi connectivity index (χ0v) is 17.6. The predicted octanol–water partition coefficient (Wildman–Crippen LogP) is 3.17. The number of carbonyl (C=O) groups excluding carboxylic acids is 1. The summed E-state index contributed by atoms with van der Waals surface area (Å²) in [4.78, 5) is 16.8. The van der Waals surface area contributed by atoms with Gasteiger partial charge < -0.3 is 10.1 Å². The molecule has 1 unspecified atom stereocenters. The van der Waals surface area contributed by atoms with Crippen LogP contribution in [0.5, 0.6) is 5.75 Å². The first-order chi connectivity index (χ1) is 13.7. The standard InChI is InChI=1S/C20H21N3O4S2/c1-13(15-5-9-19(10-6-15)29(21,25)26)22-20(24)16-3-7-18(8-4-16)27-11-17-12-28-14(2)23-17/h3-10,12-13H,11H2,1-2H3,(H,22,24)(H2,21,25,26). The highest BCUT2D eigenvalue weighted by molar-refractivity contribution is 7.89. The number of thiazole rings is 1. The lowest BCUT2D eigenvalue weighted by Gasteiger charge is -2.15. The molecule has 3 aromatic rings. The second kappa shape index (κ2) is 8.73. The van der Waals surface area contributed by atoms with E-state index in [-0.39, 0.29) is 16.8 Å². The van der Waals surface area contributed by atoms with Gasteiger partial charge in [-0.2, -0.15) is 0 Å². The Morgan fingerprint density at radius 3 is 2.38 bits per heavy atom. The number of nitrogens with one attached hydrogen (secondary N) is 1.